The fraction of sp³-hybridized carbons (Fsp3) is 0.571. The Kier molecular flexibility index (Phi) is 8.27. The number of carbonyl (C=O) groups excluding carboxylic acids is 2. The molecule has 10 atom stereocenters. The number of nitrogens with one attached hydrogen (secondary N) is 1. The molecule has 9 rings (SSSR count). The molecule has 12 heteroatoms. The molecule has 9 unspecified atom stereocenters. The number of methoxy groups -OCH3 is 2. The predicted molar refractivity (Wildman–Crippen MR) is 199 cm³/mol. The summed E-state index contributed by atoms with van der Waals surface area (Å²) in [5, 5.41) is 13.1. The first-order valence-corrected chi connectivity index (χ1v) is 19.3. The molecule has 3 aromatic rings. The van der Waals surface area contributed by atoms with Gasteiger partial charge in [-0.1, -0.05) is 30.4 Å². The number of alkyl halides is 2. The van der Waals surface area contributed by atoms with E-state index in [1.54, 1.807) is 7.11 Å². The second-order valence-electron chi connectivity index (χ2n) is 17.0. The van der Waals surface area contributed by atoms with Gasteiger partial charge in [-0.15, -0.1) is 0 Å². The van der Waals surface area contributed by atoms with Gasteiger partial charge in [0.2, 0.25) is 5.92 Å². The molecule has 1 aromatic heterocycles. The summed E-state index contributed by atoms with van der Waals surface area (Å²) in [4.78, 5) is 37.4. The van der Waals surface area contributed by atoms with Crippen molar-refractivity contribution in [1.82, 2.24) is 14.8 Å². The standard InChI is InChI=1S/C42H50F2N4O6/c1-23(49)54-35-28-10-8-13-48-14-12-42(37(28)48)30-16-25(33(52-4)17-32(30)46(3)38(42)34(35)50)19-41(39(51)53-5)18-24-15-26(40(2,43)44)21-47(20-24)22-29-27-9-6-7-11-31(27)45-36(29)41/h6-11,16-17,24,26,28,34-35,37-38,45,50H,12-15,18-22H2,1-5H3/t24?,26?,28?,34?,35?,37?,38?,41-,42?/m0/s1. The van der Waals surface area contributed by atoms with Gasteiger partial charge in [0.1, 0.15) is 23.4 Å². The lowest BCUT2D eigenvalue weighted by molar-refractivity contribution is -0.166. The summed E-state index contributed by atoms with van der Waals surface area (Å²) in [5.74, 6) is -4.33. The van der Waals surface area contributed by atoms with Crippen LogP contribution in [-0.2, 0) is 42.9 Å². The number of esters is 2. The van der Waals surface area contributed by atoms with Crippen LogP contribution in [0.2, 0.25) is 0 Å². The van der Waals surface area contributed by atoms with Crippen LogP contribution < -0.4 is 9.64 Å². The summed E-state index contributed by atoms with van der Waals surface area (Å²) in [6.45, 7) is 5.33. The number of aliphatic hydroxyl groups is 1. The molecule has 1 aliphatic carbocycles. The van der Waals surface area contributed by atoms with Gasteiger partial charge in [-0.05, 0) is 73.9 Å². The van der Waals surface area contributed by atoms with Gasteiger partial charge < -0.3 is 29.2 Å². The zero-order chi connectivity index (χ0) is 37.9. The minimum absolute atomic E-state index is 0.0256. The third-order valence-corrected chi connectivity index (χ3v) is 14.1. The maximum Gasteiger partial charge on any atom is 0.318 e. The fourth-order valence-electron chi connectivity index (χ4n) is 12.1. The number of aromatic amines is 1. The third-order valence-electron chi connectivity index (χ3n) is 14.1. The number of fused-ring (bicyclic) bond motifs is 6. The molecule has 2 aromatic carbocycles. The molecule has 1 spiro atoms. The number of aromatic nitrogens is 1. The van der Waals surface area contributed by atoms with Gasteiger partial charge >= 0.3 is 11.9 Å². The van der Waals surface area contributed by atoms with Crippen LogP contribution in [-0.4, -0.2) is 109 Å². The number of benzene rings is 2. The van der Waals surface area contributed by atoms with Crippen LogP contribution in [0.4, 0.5) is 14.5 Å². The number of anilines is 1. The molecule has 6 heterocycles. The van der Waals surface area contributed by atoms with Crippen molar-refractivity contribution in [2.45, 2.75) is 87.1 Å². The largest absolute Gasteiger partial charge is 0.496 e. The van der Waals surface area contributed by atoms with Gasteiger partial charge in [-0.2, -0.15) is 0 Å². The molecule has 0 radical (unpaired) electrons. The lowest BCUT2D eigenvalue weighted by atomic mass is 9.58. The third kappa shape index (κ3) is 5.04. The first kappa shape index (κ1) is 35.7. The van der Waals surface area contributed by atoms with Gasteiger partial charge in [-0.3, -0.25) is 19.4 Å². The van der Waals surface area contributed by atoms with Crippen molar-refractivity contribution in [2.24, 2.45) is 17.8 Å². The zero-order valence-corrected chi connectivity index (χ0v) is 31.6. The van der Waals surface area contributed by atoms with Crippen molar-refractivity contribution in [1.29, 1.82) is 0 Å². The van der Waals surface area contributed by atoms with Gasteiger partial charge in [0.25, 0.3) is 0 Å². The van der Waals surface area contributed by atoms with E-state index in [4.69, 9.17) is 14.2 Å². The highest BCUT2D eigenvalue weighted by molar-refractivity contribution is 5.91. The van der Waals surface area contributed by atoms with E-state index in [0.717, 1.165) is 65.4 Å². The van der Waals surface area contributed by atoms with Gasteiger partial charge in [0, 0.05) is 91.8 Å². The first-order valence-electron chi connectivity index (χ1n) is 19.3. The lowest BCUT2D eigenvalue weighted by Crippen LogP contribution is -2.69. The van der Waals surface area contributed by atoms with Crippen LogP contribution in [0.15, 0.2) is 48.6 Å². The highest BCUT2D eigenvalue weighted by Crippen LogP contribution is 2.61. The number of rotatable bonds is 6. The molecule has 2 bridgehead atoms. The minimum Gasteiger partial charge on any atom is -0.496 e. The van der Waals surface area contributed by atoms with Crippen molar-refractivity contribution in [3.05, 3.63) is 70.9 Å². The number of aliphatic hydroxyl groups excluding tert-OH is 1. The van der Waals surface area contributed by atoms with E-state index in [1.807, 2.05) is 37.4 Å². The van der Waals surface area contributed by atoms with Crippen molar-refractivity contribution < 1.29 is 37.7 Å². The molecule has 3 fully saturated rings. The average molecular weight is 745 g/mol. The average Bonchev–Trinajstić information content (AvgIpc) is 3.78. The van der Waals surface area contributed by atoms with Crippen molar-refractivity contribution >= 4 is 28.5 Å². The Bertz CT molecular complexity index is 2050. The molecule has 54 heavy (non-hydrogen) atoms. The number of piperidine rings is 1. The van der Waals surface area contributed by atoms with Crippen LogP contribution in [0.3, 0.4) is 0 Å². The number of H-pyrrole nitrogens is 1. The number of hydrogen-bond donors (Lipinski definition) is 2. The molecule has 6 aliphatic rings. The summed E-state index contributed by atoms with van der Waals surface area (Å²) in [6, 6.07) is 11.8. The van der Waals surface area contributed by atoms with E-state index in [-0.39, 0.29) is 36.9 Å². The summed E-state index contributed by atoms with van der Waals surface area (Å²) < 4.78 is 48.0. The molecule has 2 N–H and O–H groups in total. The topological polar surface area (TPSA) is 108 Å². The minimum atomic E-state index is -2.86. The normalized spacial score (nSPS) is 35.4. The van der Waals surface area contributed by atoms with Crippen LogP contribution in [0.1, 0.15) is 55.5 Å². The number of nitrogens with zero attached hydrogens (tertiary/aromatic N) is 3. The summed E-state index contributed by atoms with van der Waals surface area (Å²) in [7, 11) is 5.02. The molecule has 5 aliphatic heterocycles. The number of ether oxygens (including phenoxy) is 3. The molecule has 2 saturated heterocycles. The molecular formula is C42H50F2N4O6. The number of carbonyl (C=O) groups is 2. The number of halogens is 2. The molecule has 10 nitrogen and oxygen atoms in total. The van der Waals surface area contributed by atoms with Gasteiger partial charge in [-0.25, -0.2) is 8.78 Å². The number of likely N-dealkylation sites (N-methyl/N-ethyl adjacent to an activating group) is 1. The van der Waals surface area contributed by atoms with E-state index in [0.29, 0.717) is 31.7 Å². The Hall–Kier alpha value is -4.00. The van der Waals surface area contributed by atoms with Crippen LogP contribution >= 0.6 is 0 Å². The Morgan fingerprint density at radius 1 is 1.13 bits per heavy atom. The van der Waals surface area contributed by atoms with E-state index >= 15 is 8.78 Å². The van der Waals surface area contributed by atoms with Crippen molar-refractivity contribution in [3.63, 3.8) is 0 Å². The maximum atomic E-state index is 15.1. The number of hydrogen-bond acceptors (Lipinski definition) is 9. The van der Waals surface area contributed by atoms with Crippen LogP contribution in [0.25, 0.3) is 10.9 Å². The summed E-state index contributed by atoms with van der Waals surface area (Å²) >= 11 is 0. The Balaban J connectivity index is 1.22. The Labute approximate surface area is 314 Å². The second kappa shape index (κ2) is 12.5. The monoisotopic (exact) mass is 744 g/mol. The highest BCUT2D eigenvalue weighted by atomic mass is 19.3. The Morgan fingerprint density at radius 2 is 1.93 bits per heavy atom. The molecule has 1 saturated carbocycles. The smallest absolute Gasteiger partial charge is 0.318 e. The van der Waals surface area contributed by atoms with Gasteiger partial charge in [0.15, 0.2) is 0 Å². The predicted octanol–water partition coefficient (Wildman–Crippen LogP) is 4.95. The summed E-state index contributed by atoms with van der Waals surface area (Å²) in [5.41, 5.74) is 3.69. The van der Waals surface area contributed by atoms with Crippen molar-refractivity contribution in [2.75, 3.05) is 52.3 Å². The quantitative estimate of drug-likeness (QED) is 0.268. The van der Waals surface area contributed by atoms with Crippen LogP contribution in [0, 0.1) is 17.8 Å². The van der Waals surface area contributed by atoms with Crippen molar-refractivity contribution in [3.8, 4) is 5.75 Å². The lowest BCUT2D eigenvalue weighted by Gasteiger charge is -2.54. The second-order valence-corrected chi connectivity index (χ2v) is 17.0. The summed E-state index contributed by atoms with van der Waals surface area (Å²) in [6.07, 6.45) is 4.22. The van der Waals surface area contributed by atoms with E-state index < -0.39 is 46.8 Å². The zero-order valence-electron chi connectivity index (χ0n) is 31.6. The Morgan fingerprint density at radius 3 is 2.67 bits per heavy atom. The first-order chi connectivity index (χ1) is 25.8. The van der Waals surface area contributed by atoms with Crippen LogP contribution in [0.5, 0.6) is 5.75 Å². The molecule has 288 valence electrons. The maximum absolute atomic E-state index is 15.1. The SMILES string of the molecule is COC(=O)[C@]1(Cc2cc3c(cc2OC)N(C)C2C(O)C(OC(C)=O)C4C=CCN5CCC32C45)CC2CC(C(C)(F)F)CN(Cc3c1[nH]c1ccccc31)C2. The highest BCUT2D eigenvalue weighted by Gasteiger charge is 2.69. The van der Waals surface area contributed by atoms with E-state index in [1.165, 1.54) is 14.0 Å². The molecule has 0 amide bonds. The van der Waals surface area contributed by atoms with E-state index in [2.05, 4.69) is 37.9 Å². The fourth-order valence-corrected chi connectivity index (χ4v) is 12.1. The van der Waals surface area contributed by atoms with E-state index in [9.17, 15) is 14.7 Å². The number of para-hydroxylation sites is 1. The van der Waals surface area contributed by atoms with Gasteiger partial charge in [0.05, 0.1) is 20.3 Å². The molecular weight excluding hydrogens is 694 g/mol.